The minimum Gasteiger partial charge on any atom is -0.299 e. The molecule has 0 N–H and O–H groups in total. The molecule has 1 aliphatic carbocycles. The Bertz CT molecular complexity index is 731. The Kier molecular flexibility index (Phi) is 7.39. The molecule has 4 heteroatoms. The quantitative estimate of drug-likeness (QED) is 0.482. The van der Waals surface area contributed by atoms with Crippen LogP contribution in [0.15, 0.2) is 54.6 Å². The molecule has 0 spiro atoms. The van der Waals surface area contributed by atoms with E-state index < -0.39 is 12.1 Å². The van der Waals surface area contributed by atoms with Gasteiger partial charge in [-0.05, 0) is 75.1 Å². The van der Waals surface area contributed by atoms with Crippen molar-refractivity contribution in [2.75, 3.05) is 7.05 Å². The Morgan fingerprint density at radius 3 is 2.10 bits per heavy atom. The summed E-state index contributed by atoms with van der Waals surface area (Å²) < 4.78 is 38.5. The SMILES string of the molecule is CC(CCc1ccc(C2CCC(C(F)(F)F)CC2)cc1)N(C)Cc1ccccc1. The van der Waals surface area contributed by atoms with Crippen molar-refractivity contribution < 1.29 is 13.2 Å². The smallest absolute Gasteiger partial charge is 0.299 e. The number of halogens is 3. The van der Waals surface area contributed by atoms with E-state index in [-0.39, 0.29) is 18.8 Å². The van der Waals surface area contributed by atoms with Gasteiger partial charge in [-0.25, -0.2) is 0 Å². The molecule has 3 rings (SSSR count). The van der Waals surface area contributed by atoms with E-state index in [4.69, 9.17) is 0 Å². The molecule has 2 aromatic carbocycles. The van der Waals surface area contributed by atoms with Crippen molar-refractivity contribution in [3.63, 3.8) is 0 Å². The monoisotopic (exact) mass is 403 g/mol. The lowest BCUT2D eigenvalue weighted by atomic mass is 9.78. The second kappa shape index (κ2) is 9.80. The van der Waals surface area contributed by atoms with Crippen LogP contribution in [0.1, 0.15) is 61.6 Å². The van der Waals surface area contributed by atoms with Crippen LogP contribution >= 0.6 is 0 Å². The van der Waals surface area contributed by atoms with E-state index in [1.807, 2.05) is 6.07 Å². The van der Waals surface area contributed by atoms with Crippen molar-refractivity contribution in [1.82, 2.24) is 4.90 Å². The van der Waals surface area contributed by atoms with Crippen LogP contribution < -0.4 is 0 Å². The van der Waals surface area contributed by atoms with Crippen molar-refractivity contribution in [1.29, 1.82) is 0 Å². The molecule has 0 radical (unpaired) electrons. The maximum atomic E-state index is 12.8. The van der Waals surface area contributed by atoms with Crippen molar-refractivity contribution in [2.24, 2.45) is 5.92 Å². The zero-order valence-electron chi connectivity index (χ0n) is 17.5. The first kappa shape index (κ1) is 21.9. The van der Waals surface area contributed by atoms with Gasteiger partial charge in [0.15, 0.2) is 0 Å². The molecule has 0 heterocycles. The van der Waals surface area contributed by atoms with Gasteiger partial charge in [-0.2, -0.15) is 13.2 Å². The van der Waals surface area contributed by atoms with Crippen molar-refractivity contribution >= 4 is 0 Å². The molecule has 0 bridgehead atoms. The predicted octanol–water partition coefficient (Wildman–Crippen LogP) is 6.98. The molecule has 1 atom stereocenters. The molecule has 0 aromatic heterocycles. The third-order valence-corrected chi connectivity index (χ3v) is 6.52. The normalized spacial score (nSPS) is 21.3. The summed E-state index contributed by atoms with van der Waals surface area (Å²) in [6.07, 6.45) is -0.113. The summed E-state index contributed by atoms with van der Waals surface area (Å²) >= 11 is 0. The highest BCUT2D eigenvalue weighted by Gasteiger charge is 2.41. The van der Waals surface area contributed by atoms with E-state index in [0.29, 0.717) is 18.9 Å². The van der Waals surface area contributed by atoms with Gasteiger partial charge in [0.2, 0.25) is 0 Å². The summed E-state index contributed by atoms with van der Waals surface area (Å²) in [5.41, 5.74) is 3.83. The van der Waals surface area contributed by atoms with Crippen LogP contribution in [0.3, 0.4) is 0 Å². The average Bonchev–Trinajstić information content (AvgIpc) is 2.72. The van der Waals surface area contributed by atoms with Crippen molar-refractivity contribution in [2.45, 2.75) is 70.1 Å². The number of benzene rings is 2. The second-order valence-corrected chi connectivity index (χ2v) is 8.62. The van der Waals surface area contributed by atoms with Crippen molar-refractivity contribution in [3.8, 4) is 0 Å². The summed E-state index contributed by atoms with van der Waals surface area (Å²) in [4.78, 5) is 2.38. The van der Waals surface area contributed by atoms with Gasteiger partial charge >= 0.3 is 6.18 Å². The Hall–Kier alpha value is -1.81. The average molecular weight is 404 g/mol. The molecule has 0 aliphatic heterocycles. The summed E-state index contributed by atoms with van der Waals surface area (Å²) in [6, 6.07) is 19.6. The highest BCUT2D eigenvalue weighted by Crippen LogP contribution is 2.42. The summed E-state index contributed by atoms with van der Waals surface area (Å²) in [5, 5.41) is 0. The predicted molar refractivity (Wildman–Crippen MR) is 113 cm³/mol. The molecule has 29 heavy (non-hydrogen) atoms. The zero-order chi connectivity index (χ0) is 20.9. The number of hydrogen-bond acceptors (Lipinski definition) is 1. The Balaban J connectivity index is 1.46. The van der Waals surface area contributed by atoms with E-state index in [1.54, 1.807) is 0 Å². The molecule has 0 amide bonds. The van der Waals surface area contributed by atoms with E-state index in [9.17, 15) is 13.2 Å². The lowest BCUT2D eigenvalue weighted by Crippen LogP contribution is -2.29. The van der Waals surface area contributed by atoms with E-state index in [2.05, 4.69) is 67.4 Å². The third-order valence-electron chi connectivity index (χ3n) is 6.52. The largest absolute Gasteiger partial charge is 0.391 e. The van der Waals surface area contributed by atoms with Gasteiger partial charge in [-0.3, -0.25) is 4.90 Å². The summed E-state index contributed by atoms with van der Waals surface area (Å²) in [6.45, 7) is 3.21. The second-order valence-electron chi connectivity index (χ2n) is 8.62. The van der Waals surface area contributed by atoms with Gasteiger partial charge in [0.1, 0.15) is 0 Å². The molecule has 0 saturated heterocycles. The third kappa shape index (κ3) is 6.33. The maximum absolute atomic E-state index is 12.8. The van der Waals surface area contributed by atoms with Gasteiger partial charge in [0, 0.05) is 12.6 Å². The van der Waals surface area contributed by atoms with Gasteiger partial charge < -0.3 is 0 Å². The van der Waals surface area contributed by atoms with Crippen molar-refractivity contribution in [3.05, 3.63) is 71.3 Å². The molecular formula is C25H32F3N. The molecular weight excluding hydrogens is 371 g/mol. The lowest BCUT2D eigenvalue weighted by molar-refractivity contribution is -0.182. The fraction of sp³-hybridized carbons (Fsp3) is 0.520. The van der Waals surface area contributed by atoms with Crippen LogP contribution in [0, 0.1) is 5.92 Å². The number of rotatable bonds is 7. The minimum atomic E-state index is -4.03. The highest BCUT2D eigenvalue weighted by atomic mass is 19.4. The molecule has 158 valence electrons. The number of aryl methyl sites for hydroxylation is 1. The van der Waals surface area contributed by atoms with Crippen LogP contribution in [-0.2, 0) is 13.0 Å². The fourth-order valence-electron chi connectivity index (χ4n) is 4.33. The highest BCUT2D eigenvalue weighted by molar-refractivity contribution is 5.26. The Morgan fingerprint density at radius 2 is 1.52 bits per heavy atom. The van der Waals surface area contributed by atoms with E-state index >= 15 is 0 Å². The molecule has 1 fully saturated rings. The summed E-state index contributed by atoms with van der Waals surface area (Å²) in [7, 11) is 2.16. The Labute approximate surface area is 172 Å². The van der Waals surface area contributed by atoms with Crippen LogP contribution in [-0.4, -0.2) is 24.2 Å². The maximum Gasteiger partial charge on any atom is 0.391 e. The van der Waals surface area contributed by atoms with Crippen LogP contribution in [0.4, 0.5) is 13.2 Å². The first-order chi connectivity index (χ1) is 13.8. The van der Waals surface area contributed by atoms with Gasteiger partial charge in [-0.15, -0.1) is 0 Å². The van der Waals surface area contributed by atoms with E-state index in [1.165, 1.54) is 16.7 Å². The standard InChI is InChI=1S/C25H32F3N/c1-19(29(2)18-21-6-4-3-5-7-21)8-9-20-10-12-22(13-11-20)23-14-16-24(17-15-23)25(26,27)28/h3-7,10-13,19,23-24H,8-9,14-18H2,1-2H3. The van der Waals surface area contributed by atoms with Gasteiger partial charge in [0.25, 0.3) is 0 Å². The fourth-order valence-corrected chi connectivity index (χ4v) is 4.33. The summed E-state index contributed by atoms with van der Waals surface area (Å²) in [5.74, 6) is -0.828. The first-order valence-corrected chi connectivity index (χ1v) is 10.7. The minimum absolute atomic E-state index is 0.265. The van der Waals surface area contributed by atoms with E-state index in [0.717, 1.165) is 19.4 Å². The van der Waals surface area contributed by atoms with Gasteiger partial charge in [0.05, 0.1) is 5.92 Å². The lowest BCUT2D eigenvalue weighted by Gasteiger charge is -2.30. The number of hydrogen-bond donors (Lipinski definition) is 0. The molecule has 1 saturated carbocycles. The first-order valence-electron chi connectivity index (χ1n) is 10.7. The Morgan fingerprint density at radius 1 is 0.897 bits per heavy atom. The van der Waals surface area contributed by atoms with Crippen LogP contribution in [0.25, 0.3) is 0 Å². The van der Waals surface area contributed by atoms with Gasteiger partial charge in [-0.1, -0.05) is 54.6 Å². The van der Waals surface area contributed by atoms with Crippen LogP contribution in [0.2, 0.25) is 0 Å². The zero-order valence-corrected chi connectivity index (χ0v) is 17.5. The molecule has 1 aliphatic rings. The molecule has 1 nitrogen and oxygen atoms in total. The topological polar surface area (TPSA) is 3.24 Å². The molecule has 1 unspecified atom stereocenters. The number of alkyl halides is 3. The molecule has 2 aromatic rings. The van der Waals surface area contributed by atoms with Crippen LogP contribution in [0.5, 0.6) is 0 Å². The number of nitrogens with zero attached hydrogens (tertiary/aromatic N) is 1.